The molecular formula is C15H21N5O2. The number of aryl methyl sites for hydroxylation is 2. The molecule has 7 heteroatoms. The lowest BCUT2D eigenvalue weighted by Gasteiger charge is -2.24. The molecule has 2 N–H and O–H groups in total. The van der Waals surface area contributed by atoms with Crippen LogP contribution in [0, 0.1) is 13.8 Å². The van der Waals surface area contributed by atoms with Crippen LogP contribution in [0.4, 0.5) is 10.5 Å². The maximum Gasteiger partial charge on any atom is 0.321 e. The van der Waals surface area contributed by atoms with Gasteiger partial charge in [-0.05, 0) is 32.9 Å². The summed E-state index contributed by atoms with van der Waals surface area (Å²) in [4.78, 5) is 18.0. The molecule has 1 aromatic carbocycles. The fourth-order valence-corrected chi connectivity index (χ4v) is 2.04. The average molecular weight is 303 g/mol. The van der Waals surface area contributed by atoms with E-state index >= 15 is 0 Å². The van der Waals surface area contributed by atoms with Gasteiger partial charge in [0, 0.05) is 7.05 Å². The molecule has 1 heterocycles. The van der Waals surface area contributed by atoms with E-state index in [9.17, 15) is 4.79 Å². The molecule has 7 nitrogen and oxygen atoms in total. The van der Waals surface area contributed by atoms with Gasteiger partial charge in [-0.25, -0.2) is 14.5 Å². The molecule has 118 valence electrons. The predicted octanol–water partition coefficient (Wildman–Crippen LogP) is 1.73. The second-order valence-electron chi connectivity index (χ2n) is 5.21. The second-order valence-corrected chi connectivity index (χ2v) is 5.21. The van der Waals surface area contributed by atoms with E-state index < -0.39 is 0 Å². The Morgan fingerprint density at radius 3 is 2.68 bits per heavy atom. The number of urea groups is 1. The highest BCUT2D eigenvalue weighted by Crippen LogP contribution is 2.21. The van der Waals surface area contributed by atoms with Crippen LogP contribution in [-0.2, 0) is 0 Å². The summed E-state index contributed by atoms with van der Waals surface area (Å²) in [6, 6.07) is 6.84. The van der Waals surface area contributed by atoms with E-state index in [0.717, 1.165) is 11.5 Å². The van der Waals surface area contributed by atoms with E-state index in [1.807, 2.05) is 32.0 Å². The smallest absolute Gasteiger partial charge is 0.321 e. The van der Waals surface area contributed by atoms with Gasteiger partial charge in [0.1, 0.15) is 11.6 Å². The van der Waals surface area contributed by atoms with Crippen LogP contribution >= 0.6 is 0 Å². The fourth-order valence-electron chi connectivity index (χ4n) is 2.04. The number of anilines is 1. The number of hydrogen-bond acceptors (Lipinski definition) is 4. The zero-order chi connectivity index (χ0) is 16.3. The van der Waals surface area contributed by atoms with Gasteiger partial charge in [-0.3, -0.25) is 0 Å². The van der Waals surface area contributed by atoms with Crippen molar-refractivity contribution in [2.24, 2.45) is 0 Å². The highest BCUT2D eigenvalue weighted by atomic mass is 16.3. The number of hydrogen-bond donors (Lipinski definition) is 2. The number of aliphatic hydroxyl groups excluding tert-OH is 1. The Balaban J connectivity index is 2.30. The number of likely N-dealkylation sites (N-methyl/N-ethyl adjacent to an activating group) is 1. The van der Waals surface area contributed by atoms with Crippen molar-refractivity contribution in [2.45, 2.75) is 26.8 Å². The first-order chi connectivity index (χ1) is 10.4. The van der Waals surface area contributed by atoms with E-state index in [-0.39, 0.29) is 18.7 Å². The van der Waals surface area contributed by atoms with Crippen LogP contribution in [0.15, 0.2) is 24.3 Å². The number of carbonyl (C=O) groups is 1. The summed E-state index contributed by atoms with van der Waals surface area (Å²) < 4.78 is 1.69. The Morgan fingerprint density at radius 2 is 2.09 bits per heavy atom. The summed E-state index contributed by atoms with van der Waals surface area (Å²) in [6.45, 7) is 5.36. The van der Waals surface area contributed by atoms with E-state index in [1.165, 1.54) is 4.90 Å². The normalized spacial score (nSPS) is 12.0. The predicted molar refractivity (Wildman–Crippen MR) is 84.2 cm³/mol. The number of benzene rings is 1. The minimum atomic E-state index is -0.288. The van der Waals surface area contributed by atoms with Gasteiger partial charge in [-0.1, -0.05) is 12.1 Å². The number of carbonyl (C=O) groups excluding carboxylic acids is 1. The molecule has 1 atom stereocenters. The zero-order valence-electron chi connectivity index (χ0n) is 13.2. The van der Waals surface area contributed by atoms with Crippen LogP contribution in [0.3, 0.4) is 0 Å². The number of nitrogens with zero attached hydrogens (tertiary/aromatic N) is 4. The van der Waals surface area contributed by atoms with Crippen molar-refractivity contribution in [2.75, 3.05) is 19.0 Å². The van der Waals surface area contributed by atoms with E-state index in [2.05, 4.69) is 15.4 Å². The summed E-state index contributed by atoms with van der Waals surface area (Å²) in [5.41, 5.74) is 1.39. The molecular weight excluding hydrogens is 282 g/mol. The lowest BCUT2D eigenvalue weighted by Crippen LogP contribution is -2.40. The van der Waals surface area contributed by atoms with Crippen LogP contribution in [-0.4, -0.2) is 50.5 Å². The third kappa shape index (κ3) is 3.25. The van der Waals surface area contributed by atoms with Gasteiger partial charge in [0.2, 0.25) is 0 Å². The third-order valence-corrected chi connectivity index (χ3v) is 3.49. The molecule has 2 amide bonds. The molecule has 0 fully saturated rings. The highest BCUT2D eigenvalue weighted by Gasteiger charge is 2.17. The number of amides is 2. The highest BCUT2D eigenvalue weighted by molar-refractivity contribution is 5.91. The molecule has 2 rings (SSSR count). The van der Waals surface area contributed by atoms with Crippen molar-refractivity contribution in [1.29, 1.82) is 0 Å². The van der Waals surface area contributed by atoms with Crippen LogP contribution in [0.1, 0.15) is 18.6 Å². The maximum atomic E-state index is 12.2. The molecule has 0 aliphatic rings. The van der Waals surface area contributed by atoms with Gasteiger partial charge >= 0.3 is 6.03 Å². The summed E-state index contributed by atoms with van der Waals surface area (Å²) >= 11 is 0. The molecule has 1 unspecified atom stereocenters. The molecule has 22 heavy (non-hydrogen) atoms. The van der Waals surface area contributed by atoms with Crippen molar-refractivity contribution in [3.63, 3.8) is 0 Å². The topological polar surface area (TPSA) is 83.3 Å². The van der Waals surface area contributed by atoms with Gasteiger partial charge in [0.05, 0.1) is 24.0 Å². The average Bonchev–Trinajstić information content (AvgIpc) is 2.84. The summed E-state index contributed by atoms with van der Waals surface area (Å²) in [7, 11) is 1.64. The third-order valence-electron chi connectivity index (χ3n) is 3.49. The van der Waals surface area contributed by atoms with Crippen molar-refractivity contribution in [3.05, 3.63) is 35.9 Å². The fraction of sp³-hybridized carbons (Fsp3) is 0.400. The molecule has 0 aliphatic carbocycles. The van der Waals surface area contributed by atoms with Gasteiger partial charge < -0.3 is 15.3 Å². The first-order valence-electron chi connectivity index (χ1n) is 7.08. The van der Waals surface area contributed by atoms with E-state index in [4.69, 9.17) is 5.11 Å². The summed E-state index contributed by atoms with van der Waals surface area (Å²) in [6.07, 6.45) is 0. The van der Waals surface area contributed by atoms with Crippen LogP contribution in [0.25, 0.3) is 5.69 Å². The van der Waals surface area contributed by atoms with Crippen molar-refractivity contribution in [3.8, 4) is 5.69 Å². The molecule has 0 radical (unpaired) electrons. The van der Waals surface area contributed by atoms with Gasteiger partial charge in [-0.15, -0.1) is 0 Å². The van der Waals surface area contributed by atoms with Gasteiger partial charge in [0.15, 0.2) is 0 Å². The first-order valence-corrected chi connectivity index (χ1v) is 7.08. The lowest BCUT2D eigenvalue weighted by molar-refractivity contribution is 0.166. The molecule has 0 saturated carbocycles. The standard InChI is InChI=1S/C15H21N5O2/c1-10(9-21)19(4)15(22)17-13-7-5-6-8-14(13)20-12(3)16-11(2)18-20/h5-8,10,21H,9H2,1-4H3,(H,17,22). The Hall–Kier alpha value is -2.41. The Bertz CT molecular complexity index is 668. The monoisotopic (exact) mass is 303 g/mol. The lowest BCUT2D eigenvalue weighted by atomic mass is 10.2. The molecule has 0 spiro atoms. The first kappa shape index (κ1) is 16.0. The van der Waals surface area contributed by atoms with Crippen LogP contribution in [0.5, 0.6) is 0 Å². The van der Waals surface area contributed by atoms with Crippen LogP contribution < -0.4 is 5.32 Å². The minimum absolute atomic E-state index is 0.0903. The number of rotatable bonds is 4. The summed E-state index contributed by atoms with van der Waals surface area (Å²) in [5, 5.41) is 16.3. The number of nitrogens with one attached hydrogen (secondary N) is 1. The van der Waals surface area contributed by atoms with Crippen molar-refractivity contribution in [1.82, 2.24) is 19.7 Å². The number of aliphatic hydroxyl groups is 1. The Labute approximate surface area is 129 Å². The zero-order valence-corrected chi connectivity index (χ0v) is 13.2. The van der Waals surface area contributed by atoms with Crippen molar-refractivity contribution >= 4 is 11.7 Å². The second kappa shape index (κ2) is 6.57. The molecule has 1 aromatic heterocycles. The molecule has 0 bridgehead atoms. The minimum Gasteiger partial charge on any atom is -0.394 e. The molecule has 0 aliphatic heterocycles. The Morgan fingerprint density at radius 1 is 1.41 bits per heavy atom. The van der Waals surface area contributed by atoms with Gasteiger partial charge in [0.25, 0.3) is 0 Å². The van der Waals surface area contributed by atoms with E-state index in [1.54, 1.807) is 24.7 Å². The van der Waals surface area contributed by atoms with Crippen molar-refractivity contribution < 1.29 is 9.90 Å². The summed E-state index contributed by atoms with van der Waals surface area (Å²) in [5.74, 6) is 1.42. The van der Waals surface area contributed by atoms with Gasteiger partial charge in [-0.2, -0.15) is 5.10 Å². The molecule has 0 saturated heterocycles. The quantitative estimate of drug-likeness (QED) is 0.901. The largest absolute Gasteiger partial charge is 0.394 e. The number of aromatic nitrogens is 3. The Kier molecular flexibility index (Phi) is 4.77. The number of para-hydroxylation sites is 2. The maximum absolute atomic E-state index is 12.2. The molecule has 2 aromatic rings. The van der Waals surface area contributed by atoms with Crippen LogP contribution in [0.2, 0.25) is 0 Å². The SMILES string of the molecule is Cc1nc(C)n(-c2ccccc2NC(=O)N(C)C(C)CO)n1. The van der Waals surface area contributed by atoms with E-state index in [0.29, 0.717) is 11.5 Å².